The second-order valence-corrected chi connectivity index (χ2v) is 7.57. The molecule has 1 aromatic carbocycles. The fraction of sp³-hybridized carbons (Fsp3) is 0.471. The molecule has 0 spiro atoms. The van der Waals surface area contributed by atoms with E-state index in [9.17, 15) is 4.79 Å². The number of ether oxygens (including phenoxy) is 1. The Morgan fingerprint density at radius 3 is 2.68 bits per heavy atom. The highest BCUT2D eigenvalue weighted by molar-refractivity contribution is 7.99. The number of carbonyl (C=O) groups is 1. The van der Waals surface area contributed by atoms with Crippen LogP contribution in [0, 0.1) is 0 Å². The molecule has 0 bridgehead atoms. The summed E-state index contributed by atoms with van der Waals surface area (Å²) < 4.78 is 6.75. The third-order valence-corrected chi connectivity index (χ3v) is 4.52. The minimum atomic E-state index is -0.197. The molecule has 0 radical (unpaired) electrons. The molecular weight excluding hydrogens is 338 g/mol. The molecule has 136 valence electrons. The Bertz CT molecular complexity index is 724. The van der Waals surface area contributed by atoms with E-state index in [0.717, 1.165) is 11.3 Å². The van der Waals surface area contributed by atoms with Crippen LogP contribution in [0.25, 0.3) is 0 Å². The van der Waals surface area contributed by atoms with Gasteiger partial charge in [-0.2, -0.15) is 0 Å². The number of hydrogen-bond acceptors (Lipinski definition) is 6. The summed E-state index contributed by atoms with van der Waals surface area (Å²) in [6.07, 6.45) is 0.710. The van der Waals surface area contributed by atoms with Crippen molar-refractivity contribution < 1.29 is 9.53 Å². The summed E-state index contributed by atoms with van der Waals surface area (Å²) >= 11 is 1.27. The molecule has 25 heavy (non-hydrogen) atoms. The summed E-state index contributed by atoms with van der Waals surface area (Å²) in [7, 11) is 1.64. The average Bonchev–Trinajstić information content (AvgIpc) is 2.94. The van der Waals surface area contributed by atoms with Gasteiger partial charge in [0, 0.05) is 12.0 Å². The second-order valence-electron chi connectivity index (χ2n) is 6.63. The van der Waals surface area contributed by atoms with Gasteiger partial charge in [-0.1, -0.05) is 50.7 Å². The zero-order valence-electron chi connectivity index (χ0n) is 15.1. The predicted octanol–water partition coefficient (Wildman–Crippen LogP) is 1.75. The van der Waals surface area contributed by atoms with Gasteiger partial charge in [0.25, 0.3) is 0 Å². The molecule has 0 aliphatic rings. The summed E-state index contributed by atoms with van der Waals surface area (Å²) in [4.78, 5) is 12.0. The van der Waals surface area contributed by atoms with Gasteiger partial charge in [0.1, 0.15) is 5.75 Å². The molecule has 0 saturated carbocycles. The molecule has 3 N–H and O–H groups in total. The van der Waals surface area contributed by atoms with Crippen molar-refractivity contribution in [1.29, 1.82) is 0 Å². The van der Waals surface area contributed by atoms with Gasteiger partial charge in [0.2, 0.25) is 11.1 Å². The Labute approximate surface area is 152 Å². The lowest BCUT2D eigenvalue weighted by Gasteiger charge is -2.16. The standard InChI is InChI=1S/C17H25N5O2S/c1-17(2,3)15-20-21-16(22(15)18)25-11-14(23)19-10-9-12-7-5-6-8-13(12)24-4/h5-8H,9-11,18H2,1-4H3,(H,19,23). The first-order valence-corrected chi connectivity index (χ1v) is 9.04. The average molecular weight is 363 g/mol. The summed E-state index contributed by atoms with van der Waals surface area (Å²) in [6.45, 7) is 6.58. The molecule has 0 aliphatic carbocycles. The molecule has 7 nitrogen and oxygen atoms in total. The Kier molecular flexibility index (Phi) is 6.30. The third-order valence-electron chi connectivity index (χ3n) is 3.58. The minimum absolute atomic E-state index is 0.0693. The van der Waals surface area contributed by atoms with Gasteiger partial charge in [-0.15, -0.1) is 10.2 Å². The second kappa shape index (κ2) is 8.24. The van der Waals surface area contributed by atoms with E-state index >= 15 is 0 Å². The lowest BCUT2D eigenvalue weighted by Crippen LogP contribution is -2.28. The maximum atomic E-state index is 12.0. The molecule has 0 unspecified atom stereocenters. The number of thioether (sulfide) groups is 1. The van der Waals surface area contributed by atoms with Crippen LogP contribution >= 0.6 is 11.8 Å². The summed E-state index contributed by atoms with van der Waals surface area (Å²) in [6, 6.07) is 7.78. The minimum Gasteiger partial charge on any atom is -0.496 e. The van der Waals surface area contributed by atoms with Gasteiger partial charge in [0.05, 0.1) is 12.9 Å². The molecule has 0 atom stereocenters. The maximum Gasteiger partial charge on any atom is 0.230 e. The zero-order valence-corrected chi connectivity index (χ0v) is 15.9. The number of nitrogens with two attached hydrogens (primary N) is 1. The summed E-state index contributed by atoms with van der Waals surface area (Å²) in [5.41, 5.74) is 0.867. The molecule has 2 rings (SSSR count). The van der Waals surface area contributed by atoms with E-state index in [0.29, 0.717) is 23.9 Å². The van der Waals surface area contributed by atoms with Crippen molar-refractivity contribution >= 4 is 17.7 Å². The van der Waals surface area contributed by atoms with Crippen LogP contribution in [-0.2, 0) is 16.6 Å². The number of rotatable bonds is 7. The van der Waals surface area contributed by atoms with Crippen LogP contribution in [-0.4, -0.2) is 40.2 Å². The van der Waals surface area contributed by atoms with E-state index in [4.69, 9.17) is 10.6 Å². The number of benzene rings is 1. The monoisotopic (exact) mass is 363 g/mol. The number of nitrogens with zero attached hydrogens (tertiary/aromatic N) is 3. The van der Waals surface area contributed by atoms with Crippen molar-refractivity contribution in [3.05, 3.63) is 35.7 Å². The van der Waals surface area contributed by atoms with Gasteiger partial charge in [-0.05, 0) is 18.1 Å². The number of nitrogen functional groups attached to an aromatic ring is 1. The molecule has 1 aromatic heterocycles. The number of hydrogen-bond donors (Lipinski definition) is 2. The fourth-order valence-corrected chi connectivity index (χ4v) is 3.00. The van der Waals surface area contributed by atoms with Crippen LogP contribution in [0.4, 0.5) is 0 Å². The smallest absolute Gasteiger partial charge is 0.230 e. The quantitative estimate of drug-likeness (QED) is 0.575. The van der Waals surface area contributed by atoms with E-state index < -0.39 is 0 Å². The fourth-order valence-electron chi connectivity index (χ4n) is 2.31. The van der Waals surface area contributed by atoms with E-state index in [2.05, 4.69) is 15.5 Å². The van der Waals surface area contributed by atoms with Crippen molar-refractivity contribution in [3.63, 3.8) is 0 Å². The van der Waals surface area contributed by atoms with Crippen molar-refractivity contribution in [3.8, 4) is 5.75 Å². The van der Waals surface area contributed by atoms with E-state index in [1.165, 1.54) is 16.4 Å². The summed E-state index contributed by atoms with van der Waals surface area (Å²) in [5.74, 6) is 7.70. The van der Waals surface area contributed by atoms with Gasteiger partial charge in [-0.25, -0.2) is 4.68 Å². The highest BCUT2D eigenvalue weighted by atomic mass is 32.2. The van der Waals surface area contributed by atoms with E-state index in [-0.39, 0.29) is 17.1 Å². The van der Waals surface area contributed by atoms with Gasteiger partial charge in [-0.3, -0.25) is 4.79 Å². The number of amides is 1. The van der Waals surface area contributed by atoms with Crippen LogP contribution < -0.4 is 15.9 Å². The van der Waals surface area contributed by atoms with Crippen LogP contribution in [0.3, 0.4) is 0 Å². The predicted molar refractivity (Wildman–Crippen MR) is 99.3 cm³/mol. The normalized spacial score (nSPS) is 11.4. The Morgan fingerprint density at radius 2 is 2.04 bits per heavy atom. The lowest BCUT2D eigenvalue weighted by atomic mass is 9.96. The number of aromatic nitrogens is 3. The number of nitrogens with one attached hydrogen (secondary N) is 1. The first-order valence-electron chi connectivity index (χ1n) is 8.05. The van der Waals surface area contributed by atoms with Crippen LogP contribution in [0.2, 0.25) is 0 Å². The van der Waals surface area contributed by atoms with Crippen molar-refractivity contribution in [2.75, 3.05) is 25.3 Å². The van der Waals surface area contributed by atoms with Crippen molar-refractivity contribution in [2.24, 2.45) is 0 Å². The van der Waals surface area contributed by atoms with Gasteiger partial charge in [0.15, 0.2) is 5.82 Å². The molecular formula is C17H25N5O2S. The first kappa shape index (κ1) is 19.1. The van der Waals surface area contributed by atoms with Crippen molar-refractivity contribution in [2.45, 2.75) is 37.8 Å². The highest BCUT2D eigenvalue weighted by Crippen LogP contribution is 2.23. The van der Waals surface area contributed by atoms with Crippen LogP contribution in [0.1, 0.15) is 32.2 Å². The van der Waals surface area contributed by atoms with Crippen LogP contribution in [0.5, 0.6) is 5.75 Å². The Balaban J connectivity index is 1.81. The van der Waals surface area contributed by atoms with E-state index in [1.54, 1.807) is 7.11 Å². The number of methoxy groups -OCH3 is 1. The van der Waals surface area contributed by atoms with Crippen molar-refractivity contribution in [1.82, 2.24) is 20.2 Å². The van der Waals surface area contributed by atoms with E-state index in [1.807, 2.05) is 45.0 Å². The van der Waals surface area contributed by atoms with Gasteiger partial charge < -0.3 is 15.9 Å². The number of carbonyl (C=O) groups excluding carboxylic acids is 1. The molecule has 1 amide bonds. The third kappa shape index (κ3) is 5.12. The Hall–Kier alpha value is -2.22. The van der Waals surface area contributed by atoms with Crippen LogP contribution in [0.15, 0.2) is 29.4 Å². The molecule has 8 heteroatoms. The zero-order chi connectivity index (χ0) is 18.4. The highest BCUT2D eigenvalue weighted by Gasteiger charge is 2.23. The summed E-state index contributed by atoms with van der Waals surface area (Å²) in [5, 5.41) is 11.6. The largest absolute Gasteiger partial charge is 0.496 e. The lowest BCUT2D eigenvalue weighted by molar-refractivity contribution is -0.118. The first-order chi connectivity index (χ1) is 11.8. The number of para-hydroxylation sites is 1. The molecule has 0 saturated heterocycles. The molecule has 0 aliphatic heterocycles. The maximum absolute atomic E-state index is 12.0. The van der Waals surface area contributed by atoms with Gasteiger partial charge >= 0.3 is 0 Å². The Morgan fingerprint density at radius 1 is 1.32 bits per heavy atom. The molecule has 1 heterocycles. The molecule has 2 aromatic rings. The SMILES string of the molecule is COc1ccccc1CCNC(=O)CSc1nnc(C(C)(C)C)n1N. The molecule has 0 fully saturated rings. The topological polar surface area (TPSA) is 95.1 Å².